The molecule has 0 heterocycles. The van der Waals surface area contributed by atoms with Gasteiger partial charge in [-0.1, -0.05) is 32.9 Å². The van der Waals surface area contributed by atoms with Crippen molar-refractivity contribution in [3.8, 4) is 0 Å². The van der Waals surface area contributed by atoms with E-state index in [1.54, 1.807) is 0 Å². The van der Waals surface area contributed by atoms with E-state index in [9.17, 15) is 0 Å². The van der Waals surface area contributed by atoms with E-state index in [0.29, 0.717) is 10.8 Å². The van der Waals surface area contributed by atoms with Crippen LogP contribution in [0.3, 0.4) is 0 Å². The molecule has 0 heteroatoms. The minimum atomic E-state index is 0.550. The molecular weight excluding hydrogens is 108 g/mol. The van der Waals surface area contributed by atoms with Crippen LogP contribution in [0.5, 0.6) is 0 Å². The van der Waals surface area contributed by atoms with E-state index in [1.807, 2.05) is 0 Å². The molecule has 3 rings (SSSR count). The summed E-state index contributed by atoms with van der Waals surface area (Å²) < 4.78 is 0. The molecule has 3 aliphatic carbocycles. The van der Waals surface area contributed by atoms with Crippen LogP contribution in [0.1, 0.15) is 27.2 Å². The molecule has 0 aromatic carbocycles. The predicted octanol–water partition coefficient (Wildman–Crippen LogP) is 2.61. The minimum absolute atomic E-state index is 0.550. The molecular formula is C9H14. The first-order valence-electron chi connectivity index (χ1n) is 3.72. The van der Waals surface area contributed by atoms with Crippen molar-refractivity contribution < 1.29 is 0 Å². The number of rotatable bonds is 0. The molecule has 9 heavy (non-hydrogen) atoms. The molecule has 0 radical (unpaired) electrons. The van der Waals surface area contributed by atoms with Gasteiger partial charge in [0.15, 0.2) is 0 Å². The number of hydrogen-bond donors (Lipinski definition) is 0. The standard InChI is InChI=1S/C9H14/c1-6-8(3)5-9(6,4)7(8)2/h7H,1,5H2,2-4H3. The maximum atomic E-state index is 4.09. The van der Waals surface area contributed by atoms with E-state index in [2.05, 4.69) is 27.4 Å². The van der Waals surface area contributed by atoms with Crippen molar-refractivity contribution >= 4 is 0 Å². The lowest BCUT2D eigenvalue weighted by atomic mass is 9.28. The molecule has 50 valence electrons. The van der Waals surface area contributed by atoms with E-state index in [-0.39, 0.29) is 0 Å². The molecule has 2 atom stereocenters. The van der Waals surface area contributed by atoms with Gasteiger partial charge in [-0.3, -0.25) is 0 Å². The quantitative estimate of drug-likeness (QED) is 0.433. The fourth-order valence-corrected chi connectivity index (χ4v) is 2.85. The fraction of sp³-hybridized carbons (Fsp3) is 0.778. The molecule has 3 fully saturated rings. The molecule has 0 amide bonds. The second-order valence-electron chi connectivity index (χ2n) is 4.21. The molecule has 0 spiro atoms. The second kappa shape index (κ2) is 1.00. The highest BCUT2D eigenvalue weighted by molar-refractivity contribution is 5.43. The summed E-state index contributed by atoms with van der Waals surface area (Å²) in [4.78, 5) is 0. The van der Waals surface area contributed by atoms with E-state index < -0.39 is 0 Å². The summed E-state index contributed by atoms with van der Waals surface area (Å²) in [5, 5.41) is 0. The van der Waals surface area contributed by atoms with Gasteiger partial charge in [0.1, 0.15) is 0 Å². The van der Waals surface area contributed by atoms with Crippen molar-refractivity contribution in [2.24, 2.45) is 16.7 Å². The minimum Gasteiger partial charge on any atom is -0.0987 e. The normalized spacial score (nSPS) is 62.6. The summed E-state index contributed by atoms with van der Waals surface area (Å²) in [6, 6.07) is 0. The molecule has 0 saturated heterocycles. The van der Waals surface area contributed by atoms with Crippen LogP contribution < -0.4 is 0 Å². The zero-order valence-electron chi connectivity index (χ0n) is 6.49. The SMILES string of the molecule is C=C1C2(C)CC1(C)C2C. The van der Waals surface area contributed by atoms with E-state index in [4.69, 9.17) is 0 Å². The molecule has 3 aliphatic rings. The number of allylic oxidation sites excluding steroid dienone is 1. The third-order valence-corrected chi connectivity index (χ3v) is 4.02. The van der Waals surface area contributed by atoms with Gasteiger partial charge in [-0.15, -0.1) is 0 Å². The van der Waals surface area contributed by atoms with Crippen molar-refractivity contribution in [1.82, 2.24) is 0 Å². The van der Waals surface area contributed by atoms with Gasteiger partial charge in [0.2, 0.25) is 0 Å². The fourth-order valence-electron chi connectivity index (χ4n) is 2.85. The van der Waals surface area contributed by atoms with Crippen LogP contribution in [0.25, 0.3) is 0 Å². The Kier molecular flexibility index (Phi) is 0.614. The monoisotopic (exact) mass is 122 g/mol. The lowest BCUT2D eigenvalue weighted by molar-refractivity contribution is -0.159. The van der Waals surface area contributed by atoms with Gasteiger partial charge in [-0.05, 0) is 23.2 Å². The Bertz CT molecular complexity index is 174. The molecule has 0 N–H and O–H groups in total. The van der Waals surface area contributed by atoms with Crippen LogP contribution >= 0.6 is 0 Å². The first-order valence-corrected chi connectivity index (χ1v) is 3.72. The van der Waals surface area contributed by atoms with Crippen molar-refractivity contribution in [2.45, 2.75) is 27.2 Å². The van der Waals surface area contributed by atoms with Crippen LogP contribution in [0.15, 0.2) is 12.2 Å². The van der Waals surface area contributed by atoms with Crippen LogP contribution in [0.4, 0.5) is 0 Å². The summed E-state index contributed by atoms with van der Waals surface area (Å²) in [7, 11) is 0. The summed E-state index contributed by atoms with van der Waals surface area (Å²) in [6.45, 7) is 11.1. The van der Waals surface area contributed by atoms with Gasteiger partial charge in [-0.2, -0.15) is 0 Å². The average Bonchev–Trinajstić information content (AvgIpc) is 1.88. The second-order valence-corrected chi connectivity index (χ2v) is 4.21. The zero-order valence-corrected chi connectivity index (χ0v) is 6.49. The zero-order chi connectivity index (χ0) is 6.86. The molecule has 2 unspecified atom stereocenters. The molecule has 0 aromatic rings. The van der Waals surface area contributed by atoms with E-state index in [1.165, 1.54) is 12.0 Å². The first kappa shape index (κ1) is 5.52. The van der Waals surface area contributed by atoms with Gasteiger partial charge < -0.3 is 0 Å². The maximum Gasteiger partial charge on any atom is -0.00713 e. The average molecular weight is 122 g/mol. The van der Waals surface area contributed by atoms with Crippen LogP contribution in [0, 0.1) is 16.7 Å². The molecule has 0 aliphatic heterocycles. The lowest BCUT2D eigenvalue weighted by Gasteiger charge is -2.76. The molecule has 3 saturated carbocycles. The largest absolute Gasteiger partial charge is 0.0987 e. The van der Waals surface area contributed by atoms with Crippen LogP contribution in [-0.2, 0) is 0 Å². The van der Waals surface area contributed by atoms with Gasteiger partial charge in [0.25, 0.3) is 0 Å². The highest BCUT2D eigenvalue weighted by atomic mass is 14.7. The Hall–Kier alpha value is -0.260. The van der Waals surface area contributed by atoms with Crippen molar-refractivity contribution in [3.63, 3.8) is 0 Å². The first-order chi connectivity index (χ1) is 4.02. The summed E-state index contributed by atoms with van der Waals surface area (Å²) in [6.07, 6.45) is 1.39. The lowest BCUT2D eigenvalue weighted by Crippen LogP contribution is -2.68. The third-order valence-electron chi connectivity index (χ3n) is 4.02. The number of hydrogen-bond acceptors (Lipinski definition) is 0. The smallest absolute Gasteiger partial charge is 0.00713 e. The topological polar surface area (TPSA) is 0 Å². The van der Waals surface area contributed by atoms with Gasteiger partial charge in [0, 0.05) is 0 Å². The van der Waals surface area contributed by atoms with Gasteiger partial charge >= 0.3 is 0 Å². The molecule has 0 aromatic heterocycles. The highest BCUT2D eigenvalue weighted by Crippen LogP contribution is 2.79. The van der Waals surface area contributed by atoms with Crippen LogP contribution in [0.2, 0.25) is 0 Å². The summed E-state index contributed by atoms with van der Waals surface area (Å²) >= 11 is 0. The Labute approximate surface area is 57.0 Å². The molecule has 2 bridgehead atoms. The Morgan fingerprint density at radius 3 is 2.00 bits per heavy atom. The third kappa shape index (κ3) is 0.288. The summed E-state index contributed by atoms with van der Waals surface area (Å²) in [5.41, 5.74) is 2.60. The van der Waals surface area contributed by atoms with Crippen molar-refractivity contribution in [3.05, 3.63) is 12.2 Å². The maximum absolute atomic E-state index is 4.09. The van der Waals surface area contributed by atoms with Gasteiger partial charge in [0.05, 0.1) is 0 Å². The Morgan fingerprint density at radius 1 is 1.44 bits per heavy atom. The van der Waals surface area contributed by atoms with Crippen molar-refractivity contribution in [1.29, 1.82) is 0 Å². The van der Waals surface area contributed by atoms with Gasteiger partial charge in [-0.25, -0.2) is 0 Å². The summed E-state index contributed by atoms with van der Waals surface area (Å²) in [5.74, 6) is 0.900. The Balaban J connectivity index is 2.35. The highest BCUT2D eigenvalue weighted by Gasteiger charge is 2.71. The van der Waals surface area contributed by atoms with Crippen molar-refractivity contribution in [2.75, 3.05) is 0 Å². The predicted molar refractivity (Wildman–Crippen MR) is 39.1 cm³/mol. The molecule has 0 nitrogen and oxygen atoms in total. The van der Waals surface area contributed by atoms with E-state index >= 15 is 0 Å². The Morgan fingerprint density at radius 2 is 1.89 bits per heavy atom. The van der Waals surface area contributed by atoms with E-state index in [0.717, 1.165) is 5.92 Å². The van der Waals surface area contributed by atoms with Crippen LogP contribution in [-0.4, -0.2) is 0 Å².